The van der Waals surface area contributed by atoms with Gasteiger partial charge in [0.05, 0.1) is 5.02 Å². The topological polar surface area (TPSA) is 87.7 Å². The van der Waals surface area contributed by atoms with Crippen LogP contribution in [0.15, 0.2) is 18.2 Å². The number of carboxylic acid groups (broad SMARTS) is 1. The highest BCUT2D eigenvalue weighted by Gasteiger charge is 2.38. The molecule has 3 N–H and O–H groups in total. The van der Waals surface area contributed by atoms with Crippen LogP contribution in [-0.2, 0) is 9.59 Å². The highest BCUT2D eigenvalue weighted by molar-refractivity contribution is 6.30. The summed E-state index contributed by atoms with van der Waals surface area (Å²) in [7, 11) is 0. The van der Waals surface area contributed by atoms with E-state index in [-0.39, 0.29) is 17.5 Å². The van der Waals surface area contributed by atoms with Gasteiger partial charge in [-0.1, -0.05) is 11.6 Å². The standard InChI is InChI=1S/C14H18ClFN2O2.C2HF3O2/c15-12-2-1-11(7-13(12)16)20-9-14(19)18-8-10-3-5-17-6-4-10;3-2(4,5)1(6)7/h1-2,7,10,17H,3-6,8-9H2,(H,18,19);(H,6,7). The van der Waals surface area contributed by atoms with Gasteiger partial charge in [0.2, 0.25) is 0 Å². The summed E-state index contributed by atoms with van der Waals surface area (Å²) in [5, 5.41) is 13.3. The number of aliphatic carboxylic acids is 1. The quantitative estimate of drug-likeness (QED) is 0.645. The smallest absolute Gasteiger partial charge is 0.484 e. The number of halogens is 5. The zero-order valence-electron chi connectivity index (χ0n) is 14.1. The molecule has 0 radical (unpaired) electrons. The summed E-state index contributed by atoms with van der Waals surface area (Å²) in [6.45, 7) is 2.55. The summed E-state index contributed by atoms with van der Waals surface area (Å²) in [6.07, 6.45) is -2.94. The van der Waals surface area contributed by atoms with Crippen molar-refractivity contribution in [3.8, 4) is 5.75 Å². The first-order valence-electron chi connectivity index (χ1n) is 7.95. The average Bonchev–Trinajstić information content (AvgIpc) is 2.61. The number of carbonyl (C=O) groups excluding carboxylic acids is 1. The van der Waals surface area contributed by atoms with Crippen LogP contribution in [0.4, 0.5) is 17.6 Å². The SMILES string of the molecule is O=C(COc1ccc(Cl)c(F)c1)NCC1CCNCC1.O=C(O)C(F)(F)F. The van der Waals surface area contributed by atoms with Crippen molar-refractivity contribution in [2.45, 2.75) is 19.0 Å². The molecular formula is C16H19ClF4N2O4. The average molecular weight is 415 g/mol. The molecule has 0 bridgehead atoms. The Kier molecular flexibility index (Phi) is 9.30. The van der Waals surface area contributed by atoms with E-state index in [9.17, 15) is 22.4 Å². The number of ether oxygens (including phenoxy) is 1. The van der Waals surface area contributed by atoms with E-state index in [0.29, 0.717) is 18.2 Å². The number of benzene rings is 1. The molecule has 0 saturated carbocycles. The van der Waals surface area contributed by atoms with E-state index in [1.807, 2.05) is 0 Å². The third-order valence-electron chi connectivity index (χ3n) is 3.55. The van der Waals surface area contributed by atoms with Crippen LogP contribution >= 0.6 is 11.6 Å². The van der Waals surface area contributed by atoms with Gasteiger partial charge in [-0.25, -0.2) is 9.18 Å². The number of hydrogen-bond acceptors (Lipinski definition) is 4. The maximum Gasteiger partial charge on any atom is 0.490 e. The lowest BCUT2D eigenvalue weighted by atomic mass is 9.98. The fourth-order valence-corrected chi connectivity index (χ4v) is 2.23. The van der Waals surface area contributed by atoms with Gasteiger partial charge >= 0.3 is 12.1 Å². The van der Waals surface area contributed by atoms with Gasteiger partial charge in [-0.15, -0.1) is 0 Å². The molecule has 0 unspecified atom stereocenters. The van der Waals surface area contributed by atoms with Gasteiger partial charge in [0.25, 0.3) is 5.91 Å². The zero-order valence-corrected chi connectivity index (χ0v) is 14.9. The maximum absolute atomic E-state index is 13.2. The second-order valence-corrected chi connectivity index (χ2v) is 6.07. The highest BCUT2D eigenvalue weighted by atomic mass is 35.5. The van der Waals surface area contributed by atoms with Crippen molar-refractivity contribution in [1.82, 2.24) is 10.6 Å². The van der Waals surface area contributed by atoms with Crippen LogP contribution in [0.1, 0.15) is 12.8 Å². The number of rotatable bonds is 5. The molecule has 1 amide bonds. The molecular weight excluding hydrogens is 396 g/mol. The molecule has 1 aliphatic heterocycles. The first kappa shape index (κ1) is 23.0. The molecule has 11 heteroatoms. The lowest BCUT2D eigenvalue weighted by Crippen LogP contribution is -2.37. The summed E-state index contributed by atoms with van der Waals surface area (Å²) in [4.78, 5) is 20.5. The lowest BCUT2D eigenvalue weighted by Gasteiger charge is -2.22. The van der Waals surface area contributed by atoms with Gasteiger partial charge in [0, 0.05) is 12.6 Å². The van der Waals surface area contributed by atoms with Gasteiger partial charge in [0.1, 0.15) is 11.6 Å². The van der Waals surface area contributed by atoms with Crippen molar-refractivity contribution in [2.75, 3.05) is 26.2 Å². The van der Waals surface area contributed by atoms with Crippen LogP contribution in [0.25, 0.3) is 0 Å². The van der Waals surface area contributed by atoms with Crippen molar-refractivity contribution in [1.29, 1.82) is 0 Å². The second kappa shape index (κ2) is 10.9. The Morgan fingerprint density at radius 3 is 2.41 bits per heavy atom. The van der Waals surface area contributed by atoms with Crippen LogP contribution in [-0.4, -0.2) is 49.4 Å². The van der Waals surface area contributed by atoms with E-state index >= 15 is 0 Å². The van der Waals surface area contributed by atoms with Crippen LogP contribution in [0.3, 0.4) is 0 Å². The van der Waals surface area contributed by atoms with Gasteiger partial charge in [-0.05, 0) is 44.0 Å². The Hall–Kier alpha value is -2.07. The molecule has 0 spiro atoms. The summed E-state index contributed by atoms with van der Waals surface area (Å²) in [5.41, 5.74) is 0. The first-order chi connectivity index (χ1) is 12.6. The maximum atomic E-state index is 13.2. The first-order valence-corrected chi connectivity index (χ1v) is 8.32. The molecule has 6 nitrogen and oxygen atoms in total. The van der Waals surface area contributed by atoms with Crippen LogP contribution in [0, 0.1) is 11.7 Å². The molecule has 1 aromatic carbocycles. The van der Waals surface area contributed by atoms with E-state index in [1.54, 1.807) is 0 Å². The molecule has 0 aromatic heterocycles. The number of piperidine rings is 1. The van der Waals surface area contributed by atoms with Gasteiger partial charge in [0.15, 0.2) is 6.61 Å². The number of alkyl halides is 3. The van der Waals surface area contributed by atoms with E-state index in [4.69, 9.17) is 26.2 Å². The molecule has 1 heterocycles. The van der Waals surface area contributed by atoms with Crippen molar-refractivity contribution in [3.05, 3.63) is 29.0 Å². The molecule has 1 aliphatic rings. The summed E-state index contributed by atoms with van der Waals surface area (Å²) < 4.78 is 50.1. The number of carbonyl (C=O) groups is 2. The van der Waals surface area contributed by atoms with Gasteiger partial charge in [-0.2, -0.15) is 13.2 Å². The molecule has 1 saturated heterocycles. The Balaban J connectivity index is 0.000000445. The minimum Gasteiger partial charge on any atom is -0.484 e. The third kappa shape index (κ3) is 9.43. The highest BCUT2D eigenvalue weighted by Crippen LogP contribution is 2.20. The minimum absolute atomic E-state index is 0.0349. The van der Waals surface area contributed by atoms with Crippen molar-refractivity contribution >= 4 is 23.5 Å². The molecule has 1 aromatic rings. The monoisotopic (exact) mass is 414 g/mol. The Morgan fingerprint density at radius 1 is 1.30 bits per heavy atom. The summed E-state index contributed by atoms with van der Waals surface area (Å²) in [5.74, 6) is -2.69. The Labute approximate surface area is 157 Å². The molecule has 152 valence electrons. The second-order valence-electron chi connectivity index (χ2n) is 5.66. The van der Waals surface area contributed by atoms with Crippen LogP contribution in [0.2, 0.25) is 5.02 Å². The molecule has 0 aliphatic carbocycles. The number of nitrogens with one attached hydrogen (secondary N) is 2. The molecule has 1 fully saturated rings. The van der Waals surface area contributed by atoms with Crippen molar-refractivity contribution in [3.63, 3.8) is 0 Å². The van der Waals surface area contributed by atoms with Crippen molar-refractivity contribution in [2.24, 2.45) is 5.92 Å². The normalized spacial score (nSPS) is 14.7. The minimum atomic E-state index is -5.08. The van der Waals surface area contributed by atoms with E-state index in [2.05, 4.69) is 10.6 Å². The van der Waals surface area contributed by atoms with Gasteiger partial charge in [-0.3, -0.25) is 4.79 Å². The Morgan fingerprint density at radius 2 is 1.89 bits per heavy atom. The predicted molar refractivity (Wildman–Crippen MR) is 89.2 cm³/mol. The molecule has 2 rings (SSSR count). The van der Waals surface area contributed by atoms with Gasteiger partial charge < -0.3 is 20.5 Å². The van der Waals surface area contributed by atoms with Crippen molar-refractivity contribution < 1.29 is 37.0 Å². The number of hydrogen-bond donors (Lipinski definition) is 3. The third-order valence-corrected chi connectivity index (χ3v) is 3.86. The number of amides is 1. The predicted octanol–water partition coefficient (Wildman–Crippen LogP) is 2.61. The van der Waals surface area contributed by atoms with E-state index in [0.717, 1.165) is 25.9 Å². The number of carboxylic acids is 1. The van der Waals surface area contributed by atoms with Crippen LogP contribution in [0.5, 0.6) is 5.75 Å². The summed E-state index contributed by atoms with van der Waals surface area (Å²) >= 11 is 5.56. The van der Waals surface area contributed by atoms with Crippen LogP contribution < -0.4 is 15.4 Å². The van der Waals surface area contributed by atoms with E-state index in [1.165, 1.54) is 18.2 Å². The molecule has 27 heavy (non-hydrogen) atoms. The Bertz CT molecular complexity index is 637. The van der Waals surface area contributed by atoms with E-state index < -0.39 is 18.0 Å². The fourth-order valence-electron chi connectivity index (χ4n) is 2.11. The molecule has 0 atom stereocenters. The summed E-state index contributed by atoms with van der Waals surface area (Å²) in [6, 6.07) is 4.10. The zero-order chi connectivity index (χ0) is 20.4. The fraction of sp³-hybridized carbons (Fsp3) is 0.500. The lowest BCUT2D eigenvalue weighted by molar-refractivity contribution is -0.192. The largest absolute Gasteiger partial charge is 0.490 e.